The molecule has 0 radical (unpaired) electrons. The van der Waals surface area contributed by atoms with E-state index in [1.807, 2.05) is 11.5 Å². The molecular weight excluding hydrogens is 347 g/mol. The van der Waals surface area contributed by atoms with Gasteiger partial charge in [-0.3, -0.25) is 4.79 Å². The van der Waals surface area contributed by atoms with E-state index in [1.54, 1.807) is 50.2 Å². The van der Waals surface area contributed by atoms with Crippen LogP contribution in [0.15, 0.2) is 53.3 Å². The van der Waals surface area contributed by atoms with Crippen molar-refractivity contribution in [2.75, 3.05) is 6.61 Å². The lowest BCUT2D eigenvalue weighted by Gasteiger charge is -2.17. The van der Waals surface area contributed by atoms with Crippen LogP contribution in [0.2, 0.25) is 0 Å². The third-order valence-corrected chi connectivity index (χ3v) is 4.27. The van der Waals surface area contributed by atoms with Crippen molar-refractivity contribution in [3.05, 3.63) is 81.8 Å². The molecule has 2 aromatic carbocycles. The first-order valence-corrected chi connectivity index (χ1v) is 8.56. The molecule has 0 aliphatic rings. The zero-order valence-electron chi connectivity index (χ0n) is 15.3. The van der Waals surface area contributed by atoms with Crippen LogP contribution in [-0.2, 0) is 4.74 Å². The second-order valence-electron chi connectivity index (χ2n) is 6.03. The fourth-order valence-electron chi connectivity index (χ4n) is 3.05. The normalized spacial score (nSPS) is 10.7. The van der Waals surface area contributed by atoms with E-state index in [0.29, 0.717) is 34.8 Å². The summed E-state index contributed by atoms with van der Waals surface area (Å²) in [5.74, 6) is -0.235. The Morgan fingerprint density at radius 1 is 1.07 bits per heavy atom. The maximum absolute atomic E-state index is 13.2. The van der Waals surface area contributed by atoms with Crippen LogP contribution in [0.5, 0.6) is 0 Å². The minimum absolute atomic E-state index is 0.309. The van der Waals surface area contributed by atoms with Crippen LogP contribution in [-0.4, -0.2) is 22.1 Å². The molecule has 0 aliphatic heterocycles. The number of rotatable bonds is 4. The summed E-state index contributed by atoms with van der Waals surface area (Å²) in [5.41, 5.74) is 2.54. The highest BCUT2D eigenvalue weighted by molar-refractivity contribution is 5.89. The number of aromatic nitrogens is 2. The first-order chi connectivity index (χ1) is 12.9. The van der Waals surface area contributed by atoms with Crippen molar-refractivity contribution in [1.82, 2.24) is 9.55 Å². The second-order valence-corrected chi connectivity index (χ2v) is 6.03. The molecule has 0 atom stereocenters. The lowest BCUT2D eigenvalue weighted by Crippen LogP contribution is -2.20. The van der Waals surface area contributed by atoms with E-state index >= 15 is 0 Å². The predicted octanol–water partition coefficient (Wildman–Crippen LogP) is 3.83. The minimum Gasteiger partial charge on any atom is -0.462 e. The van der Waals surface area contributed by atoms with Crippen LogP contribution in [0.3, 0.4) is 0 Å². The molecule has 0 N–H and O–H groups in total. The molecule has 5 nitrogen and oxygen atoms in total. The lowest BCUT2D eigenvalue weighted by atomic mass is 10.0. The maximum Gasteiger partial charge on any atom is 0.338 e. The number of esters is 1. The van der Waals surface area contributed by atoms with Gasteiger partial charge in [-0.1, -0.05) is 12.1 Å². The van der Waals surface area contributed by atoms with Gasteiger partial charge in [0.05, 0.1) is 17.7 Å². The SMILES string of the molecule is CCOC(=O)c1ccc(-n2c(C)nc(=O)c(-c3ccc(F)cc3)c2C)cc1. The molecule has 0 saturated heterocycles. The average Bonchev–Trinajstić information content (AvgIpc) is 2.63. The molecule has 0 aliphatic carbocycles. The highest BCUT2D eigenvalue weighted by Crippen LogP contribution is 2.23. The summed E-state index contributed by atoms with van der Waals surface area (Å²) in [5, 5.41) is 0. The monoisotopic (exact) mass is 366 g/mol. The molecule has 0 amide bonds. The smallest absolute Gasteiger partial charge is 0.338 e. The third-order valence-electron chi connectivity index (χ3n) is 4.27. The van der Waals surface area contributed by atoms with Crippen molar-refractivity contribution < 1.29 is 13.9 Å². The van der Waals surface area contributed by atoms with E-state index in [0.717, 1.165) is 5.69 Å². The Balaban J connectivity index is 2.11. The van der Waals surface area contributed by atoms with E-state index in [2.05, 4.69) is 4.98 Å². The van der Waals surface area contributed by atoms with E-state index < -0.39 is 0 Å². The van der Waals surface area contributed by atoms with Crippen LogP contribution in [0.1, 0.15) is 28.8 Å². The largest absolute Gasteiger partial charge is 0.462 e. The van der Waals surface area contributed by atoms with Crippen molar-refractivity contribution >= 4 is 5.97 Å². The Bertz CT molecular complexity index is 1040. The third kappa shape index (κ3) is 3.65. The van der Waals surface area contributed by atoms with Gasteiger partial charge < -0.3 is 9.30 Å². The summed E-state index contributed by atoms with van der Waals surface area (Å²) in [6, 6.07) is 12.6. The van der Waals surface area contributed by atoms with Gasteiger partial charge in [0.15, 0.2) is 0 Å². The van der Waals surface area contributed by atoms with Crippen LogP contribution in [0.25, 0.3) is 16.8 Å². The Kier molecular flexibility index (Phi) is 5.16. The van der Waals surface area contributed by atoms with Crippen LogP contribution in [0, 0.1) is 19.7 Å². The Morgan fingerprint density at radius 2 is 1.70 bits per heavy atom. The van der Waals surface area contributed by atoms with Crippen molar-refractivity contribution in [2.45, 2.75) is 20.8 Å². The van der Waals surface area contributed by atoms with Gasteiger partial charge in [-0.25, -0.2) is 9.18 Å². The molecule has 0 saturated carbocycles. The maximum atomic E-state index is 13.2. The van der Waals surface area contributed by atoms with Crippen LogP contribution >= 0.6 is 0 Å². The number of carbonyl (C=O) groups excluding carboxylic acids is 1. The topological polar surface area (TPSA) is 61.2 Å². The molecular formula is C21H19FN2O3. The van der Waals surface area contributed by atoms with Crippen molar-refractivity contribution in [1.29, 1.82) is 0 Å². The summed E-state index contributed by atoms with van der Waals surface area (Å²) >= 11 is 0. The molecule has 1 heterocycles. The van der Waals surface area contributed by atoms with Gasteiger partial charge in [-0.15, -0.1) is 0 Å². The predicted molar refractivity (Wildman–Crippen MR) is 101 cm³/mol. The van der Waals surface area contributed by atoms with Gasteiger partial charge in [0.2, 0.25) is 0 Å². The highest BCUT2D eigenvalue weighted by Gasteiger charge is 2.15. The Labute approximate surface area is 156 Å². The number of nitrogens with zero attached hydrogens (tertiary/aromatic N) is 2. The fraction of sp³-hybridized carbons (Fsp3) is 0.190. The average molecular weight is 366 g/mol. The van der Waals surface area contributed by atoms with E-state index in [-0.39, 0.29) is 17.3 Å². The van der Waals surface area contributed by atoms with E-state index in [4.69, 9.17) is 4.74 Å². The number of carbonyl (C=O) groups is 1. The number of aryl methyl sites for hydroxylation is 1. The summed E-state index contributed by atoms with van der Waals surface area (Å²) in [7, 11) is 0. The van der Waals surface area contributed by atoms with Gasteiger partial charge in [0, 0.05) is 11.4 Å². The summed E-state index contributed by atoms with van der Waals surface area (Å²) in [4.78, 5) is 28.4. The zero-order valence-corrected chi connectivity index (χ0v) is 15.3. The van der Waals surface area contributed by atoms with Crippen molar-refractivity contribution in [2.24, 2.45) is 0 Å². The fourth-order valence-corrected chi connectivity index (χ4v) is 3.05. The van der Waals surface area contributed by atoms with E-state index in [9.17, 15) is 14.0 Å². The number of hydrogen-bond acceptors (Lipinski definition) is 4. The molecule has 1 aromatic heterocycles. The minimum atomic E-state index is -0.387. The van der Waals surface area contributed by atoms with Gasteiger partial charge in [-0.2, -0.15) is 4.98 Å². The molecule has 0 fully saturated rings. The molecule has 0 spiro atoms. The number of hydrogen-bond donors (Lipinski definition) is 0. The van der Waals surface area contributed by atoms with Crippen LogP contribution in [0.4, 0.5) is 4.39 Å². The Morgan fingerprint density at radius 3 is 2.30 bits per heavy atom. The van der Waals surface area contributed by atoms with Crippen molar-refractivity contribution in [3.63, 3.8) is 0 Å². The van der Waals surface area contributed by atoms with Gasteiger partial charge in [-0.05, 0) is 62.7 Å². The van der Waals surface area contributed by atoms with Gasteiger partial charge in [0.1, 0.15) is 11.6 Å². The van der Waals surface area contributed by atoms with Crippen molar-refractivity contribution in [3.8, 4) is 16.8 Å². The summed E-state index contributed by atoms with van der Waals surface area (Å²) in [6.45, 7) is 5.61. The van der Waals surface area contributed by atoms with E-state index in [1.165, 1.54) is 12.1 Å². The molecule has 0 bridgehead atoms. The Hall–Kier alpha value is -3.28. The quantitative estimate of drug-likeness (QED) is 0.659. The zero-order chi connectivity index (χ0) is 19.6. The number of halogens is 1. The number of ether oxygens (including phenoxy) is 1. The first kappa shape index (κ1) is 18.5. The molecule has 3 rings (SSSR count). The molecule has 138 valence electrons. The molecule has 27 heavy (non-hydrogen) atoms. The second kappa shape index (κ2) is 7.53. The summed E-state index contributed by atoms with van der Waals surface area (Å²) in [6.07, 6.45) is 0. The number of benzene rings is 2. The van der Waals surface area contributed by atoms with Gasteiger partial charge >= 0.3 is 5.97 Å². The molecule has 6 heteroatoms. The molecule has 0 unspecified atom stereocenters. The lowest BCUT2D eigenvalue weighted by molar-refractivity contribution is 0.0526. The van der Waals surface area contributed by atoms with Gasteiger partial charge in [0.25, 0.3) is 5.56 Å². The standard InChI is InChI=1S/C21H19FN2O3/c1-4-27-21(26)16-7-11-18(12-8-16)24-13(2)19(20(25)23-14(24)3)15-5-9-17(22)10-6-15/h5-12H,4H2,1-3H3. The first-order valence-electron chi connectivity index (χ1n) is 8.56. The summed E-state index contributed by atoms with van der Waals surface area (Å²) < 4.78 is 20.1. The highest BCUT2D eigenvalue weighted by atomic mass is 19.1. The van der Waals surface area contributed by atoms with Crippen LogP contribution < -0.4 is 5.56 Å². The molecule has 3 aromatic rings.